The van der Waals surface area contributed by atoms with Gasteiger partial charge in [-0.2, -0.15) is 13.2 Å². The number of benzene rings is 3. The van der Waals surface area contributed by atoms with Crippen LogP contribution in [0.2, 0.25) is 0 Å². The number of aromatic nitrogens is 1. The number of nitrogens with one attached hydrogen (secondary N) is 1. The number of aldehydes is 1. The number of hydrogen-bond donors (Lipinski definition) is 1. The minimum Gasteiger partial charge on any atom is -0.322 e. The summed E-state index contributed by atoms with van der Waals surface area (Å²) < 4.78 is 39.0. The Kier molecular flexibility index (Phi) is 6.87. The lowest BCUT2D eigenvalue weighted by Crippen LogP contribution is -2.08. The van der Waals surface area contributed by atoms with Crippen LogP contribution in [0.5, 0.6) is 0 Å². The largest absolute Gasteiger partial charge is 0.416 e. The standard InChI is InChI=1S/C28H19F3N2O2/c29-28(30,31)23-13-11-21(12-14-23)24(20-9-7-19(18-34)8-10-20)4-2-6-27(35)33-26-5-1-3-22-17-32-16-15-25(22)26/h1-18H,(H,33,35). The Balaban J connectivity index is 1.62. The molecule has 0 saturated carbocycles. The van der Waals surface area contributed by atoms with E-state index in [0.29, 0.717) is 34.2 Å². The highest BCUT2D eigenvalue weighted by molar-refractivity contribution is 6.06. The van der Waals surface area contributed by atoms with Crippen LogP contribution in [0.3, 0.4) is 0 Å². The van der Waals surface area contributed by atoms with Gasteiger partial charge >= 0.3 is 6.18 Å². The molecule has 0 spiro atoms. The van der Waals surface area contributed by atoms with Gasteiger partial charge in [0, 0.05) is 40.5 Å². The lowest BCUT2D eigenvalue weighted by molar-refractivity contribution is -0.137. The molecule has 0 saturated heterocycles. The third-order valence-electron chi connectivity index (χ3n) is 5.33. The van der Waals surface area contributed by atoms with E-state index in [4.69, 9.17) is 0 Å². The molecule has 35 heavy (non-hydrogen) atoms. The first-order chi connectivity index (χ1) is 16.8. The summed E-state index contributed by atoms with van der Waals surface area (Å²) in [6, 6.07) is 18.7. The second-order valence-corrected chi connectivity index (χ2v) is 7.65. The number of anilines is 1. The molecule has 4 nitrogen and oxygen atoms in total. The van der Waals surface area contributed by atoms with Crippen LogP contribution in [0.1, 0.15) is 27.0 Å². The van der Waals surface area contributed by atoms with Gasteiger partial charge in [-0.25, -0.2) is 0 Å². The van der Waals surface area contributed by atoms with Crippen molar-refractivity contribution in [3.63, 3.8) is 0 Å². The zero-order chi connectivity index (χ0) is 24.8. The molecule has 0 unspecified atom stereocenters. The Morgan fingerprint density at radius 1 is 0.886 bits per heavy atom. The Labute approximate surface area is 199 Å². The van der Waals surface area contributed by atoms with E-state index in [-0.39, 0.29) is 5.91 Å². The van der Waals surface area contributed by atoms with Crippen molar-refractivity contribution in [3.8, 4) is 0 Å². The fourth-order valence-corrected chi connectivity index (χ4v) is 3.58. The SMILES string of the molecule is O=Cc1ccc(C(=CC=CC(=O)Nc2cccc3cnccc23)c2ccc(C(F)(F)F)cc2)cc1. The number of alkyl halides is 3. The van der Waals surface area contributed by atoms with E-state index in [1.54, 1.807) is 54.9 Å². The quantitative estimate of drug-likeness (QED) is 0.193. The number of allylic oxidation sites excluding steroid dienone is 2. The summed E-state index contributed by atoms with van der Waals surface area (Å²) in [5.74, 6) is -0.367. The number of amides is 1. The maximum atomic E-state index is 13.0. The van der Waals surface area contributed by atoms with Gasteiger partial charge in [0.25, 0.3) is 0 Å². The highest BCUT2D eigenvalue weighted by Crippen LogP contribution is 2.31. The van der Waals surface area contributed by atoms with E-state index in [9.17, 15) is 22.8 Å². The first kappa shape index (κ1) is 23.6. The van der Waals surface area contributed by atoms with Gasteiger partial charge in [0.2, 0.25) is 5.91 Å². The molecule has 3 aromatic carbocycles. The average Bonchev–Trinajstić information content (AvgIpc) is 2.87. The molecule has 1 aromatic heterocycles. The first-order valence-corrected chi connectivity index (χ1v) is 10.6. The number of halogens is 3. The van der Waals surface area contributed by atoms with Crippen LogP contribution in [0.4, 0.5) is 18.9 Å². The average molecular weight is 472 g/mol. The summed E-state index contributed by atoms with van der Waals surface area (Å²) in [6.45, 7) is 0. The first-order valence-electron chi connectivity index (χ1n) is 10.6. The number of rotatable bonds is 6. The summed E-state index contributed by atoms with van der Waals surface area (Å²) in [6.07, 6.45) is 4.12. The molecule has 4 rings (SSSR count). The number of hydrogen-bond acceptors (Lipinski definition) is 3. The van der Waals surface area contributed by atoms with Gasteiger partial charge in [-0.05, 0) is 41.0 Å². The van der Waals surface area contributed by atoms with Crippen LogP contribution in [0.15, 0.2) is 103 Å². The maximum absolute atomic E-state index is 13.0. The molecule has 1 heterocycles. The Bertz CT molecular complexity index is 1420. The van der Waals surface area contributed by atoms with Crippen LogP contribution in [0.25, 0.3) is 16.3 Å². The van der Waals surface area contributed by atoms with Gasteiger partial charge in [-0.3, -0.25) is 14.6 Å². The molecule has 0 aliphatic carbocycles. The van der Waals surface area contributed by atoms with E-state index in [2.05, 4.69) is 10.3 Å². The Hall–Kier alpha value is -4.52. The third-order valence-corrected chi connectivity index (χ3v) is 5.33. The lowest BCUT2D eigenvalue weighted by atomic mass is 9.95. The summed E-state index contributed by atoms with van der Waals surface area (Å²) >= 11 is 0. The number of carbonyl (C=O) groups is 2. The number of pyridine rings is 1. The molecule has 0 aliphatic heterocycles. The molecule has 0 fully saturated rings. The molecule has 7 heteroatoms. The van der Waals surface area contributed by atoms with Crippen molar-refractivity contribution < 1.29 is 22.8 Å². The maximum Gasteiger partial charge on any atom is 0.416 e. The Morgan fingerprint density at radius 3 is 2.23 bits per heavy atom. The second-order valence-electron chi connectivity index (χ2n) is 7.65. The predicted octanol–water partition coefficient (Wildman–Crippen LogP) is 6.69. The van der Waals surface area contributed by atoms with Gasteiger partial charge < -0.3 is 5.32 Å². The van der Waals surface area contributed by atoms with Crippen LogP contribution in [-0.2, 0) is 11.0 Å². The third kappa shape index (κ3) is 5.70. The fraction of sp³-hybridized carbons (Fsp3) is 0.0357. The normalized spacial score (nSPS) is 12.1. The van der Waals surface area contributed by atoms with Crippen molar-refractivity contribution in [1.29, 1.82) is 0 Å². The van der Waals surface area contributed by atoms with Crippen molar-refractivity contribution in [2.24, 2.45) is 0 Å². The van der Waals surface area contributed by atoms with E-state index in [1.165, 1.54) is 24.3 Å². The van der Waals surface area contributed by atoms with Crippen molar-refractivity contribution in [3.05, 3.63) is 126 Å². The van der Waals surface area contributed by atoms with E-state index >= 15 is 0 Å². The fourth-order valence-electron chi connectivity index (χ4n) is 3.58. The molecule has 0 atom stereocenters. The van der Waals surface area contributed by atoms with Crippen LogP contribution in [0, 0.1) is 0 Å². The van der Waals surface area contributed by atoms with E-state index in [1.807, 2.05) is 12.1 Å². The van der Waals surface area contributed by atoms with E-state index in [0.717, 1.165) is 22.9 Å². The minimum absolute atomic E-state index is 0.367. The molecule has 0 radical (unpaired) electrons. The minimum atomic E-state index is -4.44. The molecule has 174 valence electrons. The number of fused-ring (bicyclic) bond motifs is 1. The summed E-state index contributed by atoms with van der Waals surface area (Å²) in [7, 11) is 0. The second kappa shape index (κ2) is 10.2. The molecular weight excluding hydrogens is 453 g/mol. The zero-order valence-corrected chi connectivity index (χ0v) is 18.3. The van der Waals surface area contributed by atoms with Gasteiger partial charge in [0.15, 0.2) is 0 Å². The van der Waals surface area contributed by atoms with Crippen molar-refractivity contribution in [1.82, 2.24) is 4.98 Å². The van der Waals surface area contributed by atoms with Crippen LogP contribution >= 0.6 is 0 Å². The van der Waals surface area contributed by atoms with Crippen molar-refractivity contribution in [2.75, 3.05) is 5.32 Å². The highest BCUT2D eigenvalue weighted by Gasteiger charge is 2.30. The Morgan fingerprint density at radius 2 is 1.57 bits per heavy atom. The van der Waals surface area contributed by atoms with Gasteiger partial charge in [-0.1, -0.05) is 60.7 Å². The van der Waals surface area contributed by atoms with Crippen LogP contribution < -0.4 is 5.32 Å². The van der Waals surface area contributed by atoms with Crippen molar-refractivity contribution >= 4 is 34.2 Å². The van der Waals surface area contributed by atoms with Crippen LogP contribution in [-0.4, -0.2) is 17.2 Å². The molecule has 1 amide bonds. The molecule has 0 aliphatic rings. The molecule has 4 aromatic rings. The number of carbonyl (C=O) groups excluding carboxylic acids is 2. The zero-order valence-electron chi connectivity index (χ0n) is 18.3. The topological polar surface area (TPSA) is 59.1 Å². The highest BCUT2D eigenvalue weighted by atomic mass is 19.4. The predicted molar refractivity (Wildman–Crippen MR) is 130 cm³/mol. The van der Waals surface area contributed by atoms with Crippen molar-refractivity contribution in [2.45, 2.75) is 6.18 Å². The summed E-state index contributed by atoms with van der Waals surface area (Å²) in [5, 5.41) is 4.57. The monoisotopic (exact) mass is 472 g/mol. The molecule has 0 bridgehead atoms. The summed E-state index contributed by atoms with van der Waals surface area (Å²) in [4.78, 5) is 27.6. The van der Waals surface area contributed by atoms with Gasteiger partial charge in [-0.15, -0.1) is 0 Å². The lowest BCUT2D eigenvalue weighted by Gasteiger charge is -2.11. The molecular formula is C28H19F3N2O2. The molecule has 1 N–H and O–H groups in total. The summed E-state index contributed by atoms with van der Waals surface area (Å²) in [5.41, 5.74) is 2.16. The van der Waals surface area contributed by atoms with Gasteiger partial charge in [0.1, 0.15) is 6.29 Å². The smallest absolute Gasteiger partial charge is 0.322 e. The van der Waals surface area contributed by atoms with Gasteiger partial charge in [0.05, 0.1) is 5.56 Å². The number of nitrogens with zero attached hydrogens (tertiary/aromatic N) is 1. The van der Waals surface area contributed by atoms with E-state index < -0.39 is 11.7 Å².